The van der Waals surface area contributed by atoms with Crippen LogP contribution in [0.1, 0.15) is 52.1 Å². The number of nitrogens with zero attached hydrogens (tertiary/aromatic N) is 1. The molecule has 10 nitrogen and oxygen atoms in total. The molecule has 0 bridgehead atoms. The Morgan fingerprint density at radius 3 is 2.17 bits per heavy atom. The van der Waals surface area contributed by atoms with E-state index in [1.54, 1.807) is 36.4 Å². The molecule has 0 saturated carbocycles. The molecule has 2 saturated heterocycles. The molecule has 5 aromatic carbocycles. The number of nitrogens with one attached hydrogen (secondary N) is 2. The first-order valence-corrected chi connectivity index (χ1v) is 17.8. The highest BCUT2D eigenvalue weighted by molar-refractivity contribution is 6.12. The van der Waals surface area contributed by atoms with Crippen LogP contribution in [-0.2, 0) is 24.5 Å². The van der Waals surface area contributed by atoms with Crippen LogP contribution in [0.4, 0.5) is 5.69 Å². The maximum Gasteiger partial charge on any atom is 0.324 e. The number of carbonyl (C=O) groups is 3. The molecule has 0 aromatic heterocycles. The number of cyclic esters (lactones) is 1. The number of rotatable bonds is 10. The number of amides is 2. The molecule has 5 aromatic rings. The lowest BCUT2D eigenvalue weighted by Gasteiger charge is -2.46. The average molecular weight is 710 g/mol. The van der Waals surface area contributed by atoms with Gasteiger partial charge in [-0.25, -0.2) is 0 Å². The van der Waals surface area contributed by atoms with Gasteiger partial charge in [0.05, 0.1) is 30.7 Å². The molecule has 3 aliphatic rings. The van der Waals surface area contributed by atoms with E-state index in [1.807, 2.05) is 108 Å². The minimum atomic E-state index is -1.64. The summed E-state index contributed by atoms with van der Waals surface area (Å²) in [6.45, 7) is -0.289. The number of para-hydroxylation sites is 1. The van der Waals surface area contributed by atoms with E-state index in [9.17, 15) is 19.8 Å². The lowest BCUT2D eigenvalue weighted by Crippen LogP contribution is -2.55. The van der Waals surface area contributed by atoms with Crippen LogP contribution in [0.5, 0.6) is 5.75 Å². The van der Waals surface area contributed by atoms with Crippen molar-refractivity contribution in [2.45, 2.75) is 35.7 Å². The number of carbonyl (C=O) groups excluding carboxylic acids is 3. The highest BCUT2D eigenvalue weighted by Crippen LogP contribution is 2.64. The summed E-state index contributed by atoms with van der Waals surface area (Å²) in [6, 6.07) is 39.9. The molecule has 3 heterocycles. The summed E-state index contributed by atoms with van der Waals surface area (Å²) in [4.78, 5) is 46.8. The average Bonchev–Trinajstić information content (AvgIpc) is 3.69. The fourth-order valence-electron chi connectivity index (χ4n) is 8.59. The summed E-state index contributed by atoms with van der Waals surface area (Å²) in [5.74, 6) is -2.47. The normalized spacial score (nSPS) is 25.2. The van der Waals surface area contributed by atoms with Crippen LogP contribution >= 0.6 is 0 Å². The molecule has 4 N–H and O–H groups in total. The number of ether oxygens (including phenoxy) is 2. The number of hydrogen-bond acceptors (Lipinski definition) is 8. The van der Waals surface area contributed by atoms with Gasteiger partial charge in [0, 0.05) is 12.2 Å². The fourth-order valence-corrected chi connectivity index (χ4v) is 8.59. The Morgan fingerprint density at radius 2 is 1.45 bits per heavy atom. The number of fused-ring (bicyclic) bond motifs is 3. The standard InChI is InChI=1S/C43H39N3O7/c47-23-24-52-31-20-12-19-30(25-31)39-43(32-21-10-11-22-33(32)45-42(43)51)35(40(49)44-26-34(48)27-13-4-1-5-14-27)37-41(50)53-38(29-17-8-3-9-18-29)36(46(37)39)28-15-6-2-7-16-28/h1-22,25,34-39,47-48H,23-24,26H2,(H,44,49)(H,45,51)/t34-,35+,36+,37+,38-,39-,43+/m0/s1. The van der Waals surface area contributed by atoms with Crippen molar-refractivity contribution in [3.8, 4) is 5.75 Å². The SMILES string of the molecule is O=C1O[C@@H](c2ccccc2)[C@@H](c2ccccc2)N2[C@@H](c3cccc(OCCO)c3)[C@]3(C(=O)Nc4ccccc43)[C@@H](C(=O)NC[C@H](O)c3ccccc3)[C@H]12. The molecule has 0 radical (unpaired) electrons. The highest BCUT2D eigenvalue weighted by Gasteiger charge is 2.74. The van der Waals surface area contributed by atoms with Gasteiger partial charge in [0.2, 0.25) is 11.8 Å². The monoisotopic (exact) mass is 709 g/mol. The first-order chi connectivity index (χ1) is 25.9. The molecule has 0 unspecified atom stereocenters. The van der Waals surface area contributed by atoms with Crippen molar-refractivity contribution in [1.29, 1.82) is 0 Å². The maximum atomic E-state index is 15.0. The molecule has 1 spiro atoms. The molecular formula is C43H39N3O7. The van der Waals surface area contributed by atoms with Gasteiger partial charge in [-0.1, -0.05) is 121 Å². The van der Waals surface area contributed by atoms with Crippen molar-refractivity contribution in [3.05, 3.63) is 167 Å². The first kappa shape index (κ1) is 34.3. The predicted molar refractivity (Wildman–Crippen MR) is 196 cm³/mol. The zero-order chi connectivity index (χ0) is 36.5. The zero-order valence-corrected chi connectivity index (χ0v) is 28.7. The summed E-state index contributed by atoms with van der Waals surface area (Å²) in [7, 11) is 0. The van der Waals surface area contributed by atoms with Gasteiger partial charge >= 0.3 is 5.97 Å². The molecular weight excluding hydrogens is 670 g/mol. The van der Waals surface area contributed by atoms with Crippen LogP contribution in [0.15, 0.2) is 140 Å². The summed E-state index contributed by atoms with van der Waals surface area (Å²) in [6.07, 6.45) is -1.83. The number of anilines is 1. The quantitative estimate of drug-likeness (QED) is 0.146. The Morgan fingerprint density at radius 1 is 0.811 bits per heavy atom. The predicted octanol–water partition coefficient (Wildman–Crippen LogP) is 5.18. The topological polar surface area (TPSA) is 137 Å². The van der Waals surface area contributed by atoms with E-state index in [-0.39, 0.29) is 19.8 Å². The van der Waals surface area contributed by atoms with E-state index in [0.717, 1.165) is 11.1 Å². The molecule has 0 aliphatic carbocycles. The lowest BCUT2D eigenvalue weighted by molar-refractivity contribution is -0.178. The second-order valence-corrected chi connectivity index (χ2v) is 13.6. The van der Waals surface area contributed by atoms with Gasteiger partial charge in [0.15, 0.2) is 0 Å². The molecule has 7 atom stereocenters. The maximum absolute atomic E-state index is 15.0. The van der Waals surface area contributed by atoms with Gasteiger partial charge in [-0.05, 0) is 46.0 Å². The fraction of sp³-hybridized carbons (Fsp3) is 0.233. The van der Waals surface area contributed by atoms with Crippen molar-refractivity contribution in [3.63, 3.8) is 0 Å². The molecule has 2 amide bonds. The van der Waals surface area contributed by atoms with Crippen LogP contribution in [0, 0.1) is 5.92 Å². The number of aliphatic hydroxyl groups excluding tert-OH is 2. The van der Waals surface area contributed by atoms with Gasteiger partial charge in [0.1, 0.15) is 29.9 Å². The summed E-state index contributed by atoms with van der Waals surface area (Å²) >= 11 is 0. The number of esters is 1. The Bertz CT molecular complexity index is 2110. The third-order valence-electron chi connectivity index (χ3n) is 10.7. The van der Waals surface area contributed by atoms with Gasteiger partial charge in [0.25, 0.3) is 0 Å². The molecule has 10 heteroatoms. The van der Waals surface area contributed by atoms with Crippen LogP contribution in [0.3, 0.4) is 0 Å². The third kappa shape index (κ3) is 5.85. The molecule has 2 fully saturated rings. The Balaban J connectivity index is 1.36. The Kier molecular flexibility index (Phi) is 9.26. The molecule has 268 valence electrons. The van der Waals surface area contributed by atoms with E-state index in [1.165, 1.54) is 0 Å². The number of hydrogen-bond donors (Lipinski definition) is 4. The second-order valence-electron chi connectivity index (χ2n) is 13.6. The minimum absolute atomic E-state index is 0.0543. The van der Waals surface area contributed by atoms with Crippen molar-refractivity contribution in [2.75, 3.05) is 25.1 Å². The van der Waals surface area contributed by atoms with Crippen LogP contribution in [0.2, 0.25) is 0 Å². The molecule has 8 rings (SSSR count). The lowest BCUT2D eigenvalue weighted by atomic mass is 9.65. The van der Waals surface area contributed by atoms with E-state index in [0.29, 0.717) is 28.1 Å². The number of morpholine rings is 1. The largest absolute Gasteiger partial charge is 0.491 e. The van der Waals surface area contributed by atoms with E-state index in [2.05, 4.69) is 10.6 Å². The van der Waals surface area contributed by atoms with Gasteiger partial charge in [-0.15, -0.1) is 0 Å². The van der Waals surface area contributed by atoms with Gasteiger partial charge < -0.3 is 30.3 Å². The van der Waals surface area contributed by atoms with Crippen LogP contribution in [0.25, 0.3) is 0 Å². The van der Waals surface area contributed by atoms with Crippen molar-refractivity contribution in [2.24, 2.45) is 5.92 Å². The second kappa shape index (κ2) is 14.3. The van der Waals surface area contributed by atoms with Crippen molar-refractivity contribution >= 4 is 23.5 Å². The van der Waals surface area contributed by atoms with E-state index in [4.69, 9.17) is 9.47 Å². The van der Waals surface area contributed by atoms with Crippen molar-refractivity contribution in [1.82, 2.24) is 10.2 Å². The van der Waals surface area contributed by atoms with E-state index < -0.39 is 59.5 Å². The molecule has 3 aliphatic heterocycles. The summed E-state index contributed by atoms with van der Waals surface area (Å²) < 4.78 is 12.3. The van der Waals surface area contributed by atoms with Crippen LogP contribution < -0.4 is 15.4 Å². The third-order valence-corrected chi connectivity index (χ3v) is 10.7. The number of aliphatic hydroxyl groups is 2. The van der Waals surface area contributed by atoms with E-state index >= 15 is 4.79 Å². The van der Waals surface area contributed by atoms with Gasteiger partial charge in [-0.3, -0.25) is 19.3 Å². The smallest absolute Gasteiger partial charge is 0.324 e. The Labute approximate surface area is 307 Å². The van der Waals surface area contributed by atoms with Gasteiger partial charge in [-0.2, -0.15) is 0 Å². The van der Waals surface area contributed by atoms with Crippen molar-refractivity contribution < 1.29 is 34.1 Å². The molecule has 53 heavy (non-hydrogen) atoms. The minimum Gasteiger partial charge on any atom is -0.491 e. The zero-order valence-electron chi connectivity index (χ0n) is 28.7. The summed E-state index contributed by atoms with van der Waals surface area (Å²) in [5, 5.41) is 26.7. The first-order valence-electron chi connectivity index (χ1n) is 17.8. The highest BCUT2D eigenvalue weighted by atomic mass is 16.6. The number of benzene rings is 5. The Hall–Kier alpha value is -5.81. The summed E-state index contributed by atoms with van der Waals surface area (Å²) in [5.41, 5.74) is 2.32. The van der Waals surface area contributed by atoms with Crippen LogP contribution in [-0.4, -0.2) is 58.7 Å².